The van der Waals surface area contributed by atoms with Crippen molar-refractivity contribution in [3.63, 3.8) is 0 Å². The van der Waals surface area contributed by atoms with Crippen molar-refractivity contribution < 1.29 is 9.59 Å². The lowest BCUT2D eigenvalue weighted by molar-refractivity contribution is -0.141. The van der Waals surface area contributed by atoms with Crippen molar-refractivity contribution >= 4 is 11.8 Å². The van der Waals surface area contributed by atoms with E-state index in [9.17, 15) is 9.59 Å². The third kappa shape index (κ3) is 3.35. The molecule has 0 aromatic carbocycles. The Morgan fingerprint density at radius 3 is 2.41 bits per heavy atom. The number of aryl methyl sites for hydroxylation is 1. The van der Waals surface area contributed by atoms with Gasteiger partial charge in [-0.3, -0.25) is 14.6 Å². The monoisotopic (exact) mass is 398 g/mol. The van der Waals surface area contributed by atoms with Gasteiger partial charge in [0, 0.05) is 63.6 Å². The van der Waals surface area contributed by atoms with E-state index < -0.39 is 0 Å². The smallest absolute Gasteiger partial charge is 0.255 e. The lowest BCUT2D eigenvalue weighted by Gasteiger charge is -2.47. The highest BCUT2D eigenvalue weighted by atomic mass is 16.2. The summed E-state index contributed by atoms with van der Waals surface area (Å²) in [6.45, 7) is 11.6. The molecule has 158 valence electrons. The Morgan fingerprint density at radius 2 is 1.86 bits per heavy atom. The first-order valence-corrected chi connectivity index (χ1v) is 11.0. The number of carbonyl (C=O) groups is 2. The summed E-state index contributed by atoms with van der Waals surface area (Å²) in [6.07, 6.45) is 4.45. The van der Waals surface area contributed by atoms with Gasteiger partial charge >= 0.3 is 0 Å². The molecule has 4 heterocycles. The molecular weight excluding hydrogens is 364 g/mol. The zero-order valence-corrected chi connectivity index (χ0v) is 18.3. The van der Waals surface area contributed by atoms with Crippen molar-refractivity contribution in [3.8, 4) is 0 Å². The SMILES string of the molecule is Cc1ccc(C(=O)N2CCC3(CC2)CN(CC(C)C)CC32CCN(C)C2=O)cn1. The van der Waals surface area contributed by atoms with Crippen molar-refractivity contribution in [2.24, 2.45) is 16.7 Å². The Morgan fingerprint density at radius 1 is 1.14 bits per heavy atom. The van der Waals surface area contributed by atoms with Crippen LogP contribution in [-0.2, 0) is 4.79 Å². The number of piperidine rings is 1. The Labute approximate surface area is 174 Å². The molecule has 2 amide bonds. The summed E-state index contributed by atoms with van der Waals surface area (Å²) < 4.78 is 0. The number of hydrogen-bond acceptors (Lipinski definition) is 4. The molecule has 29 heavy (non-hydrogen) atoms. The number of nitrogens with zero attached hydrogens (tertiary/aromatic N) is 4. The predicted molar refractivity (Wildman–Crippen MR) is 113 cm³/mol. The zero-order chi connectivity index (χ0) is 20.8. The van der Waals surface area contributed by atoms with Gasteiger partial charge in [0.25, 0.3) is 5.91 Å². The molecule has 0 N–H and O–H groups in total. The van der Waals surface area contributed by atoms with Crippen LogP contribution in [0.15, 0.2) is 18.3 Å². The fourth-order valence-corrected chi connectivity index (χ4v) is 5.95. The predicted octanol–water partition coefficient (Wildman–Crippen LogP) is 2.43. The van der Waals surface area contributed by atoms with E-state index in [0.29, 0.717) is 17.4 Å². The Kier molecular flexibility index (Phi) is 5.18. The maximum atomic E-state index is 13.3. The van der Waals surface area contributed by atoms with Gasteiger partial charge in [0.1, 0.15) is 0 Å². The molecule has 0 saturated carbocycles. The second-order valence-corrected chi connectivity index (χ2v) is 9.88. The van der Waals surface area contributed by atoms with Gasteiger partial charge in [-0.25, -0.2) is 0 Å². The molecule has 1 unspecified atom stereocenters. The standard InChI is InChI=1S/C23H34N4O2/c1-17(2)14-26-15-22(23(16-26)9-10-25(4)21(23)29)7-11-27(12-8-22)20(28)19-6-5-18(3)24-13-19/h5-6,13,17H,7-12,14-16H2,1-4H3. The van der Waals surface area contributed by atoms with Crippen molar-refractivity contribution in [1.29, 1.82) is 0 Å². The normalized spacial score (nSPS) is 27.0. The number of hydrogen-bond donors (Lipinski definition) is 0. The Balaban J connectivity index is 1.53. The number of aromatic nitrogens is 1. The van der Waals surface area contributed by atoms with Crippen LogP contribution in [0.1, 0.15) is 49.2 Å². The maximum Gasteiger partial charge on any atom is 0.255 e. The summed E-state index contributed by atoms with van der Waals surface area (Å²) in [6, 6.07) is 3.76. The van der Waals surface area contributed by atoms with Crippen LogP contribution >= 0.6 is 0 Å². The third-order valence-electron chi connectivity index (χ3n) is 7.45. The van der Waals surface area contributed by atoms with Crippen molar-refractivity contribution in [3.05, 3.63) is 29.6 Å². The first kappa shape index (κ1) is 20.3. The summed E-state index contributed by atoms with van der Waals surface area (Å²) in [4.78, 5) is 36.9. The average molecular weight is 399 g/mol. The van der Waals surface area contributed by atoms with E-state index in [0.717, 1.165) is 64.2 Å². The molecule has 2 spiro atoms. The number of carbonyl (C=O) groups excluding carboxylic acids is 2. The summed E-state index contributed by atoms with van der Waals surface area (Å²) in [5.41, 5.74) is 1.30. The van der Waals surface area contributed by atoms with E-state index in [1.54, 1.807) is 6.20 Å². The number of likely N-dealkylation sites (tertiary alicyclic amines) is 3. The van der Waals surface area contributed by atoms with Crippen LogP contribution in [0.4, 0.5) is 0 Å². The first-order chi connectivity index (χ1) is 13.8. The number of amides is 2. The van der Waals surface area contributed by atoms with E-state index >= 15 is 0 Å². The number of pyridine rings is 1. The van der Waals surface area contributed by atoms with Gasteiger partial charge in [0.15, 0.2) is 0 Å². The fraction of sp³-hybridized carbons (Fsp3) is 0.696. The molecule has 3 saturated heterocycles. The minimum absolute atomic E-state index is 0.00790. The van der Waals surface area contributed by atoms with Crippen LogP contribution in [0.2, 0.25) is 0 Å². The van der Waals surface area contributed by atoms with Crippen molar-refractivity contribution in [2.45, 2.75) is 40.0 Å². The molecule has 0 radical (unpaired) electrons. The Bertz CT molecular complexity index is 783. The van der Waals surface area contributed by atoms with Crippen molar-refractivity contribution in [2.75, 3.05) is 46.3 Å². The Hall–Kier alpha value is -1.95. The van der Waals surface area contributed by atoms with Gasteiger partial charge in [-0.15, -0.1) is 0 Å². The molecule has 6 nitrogen and oxygen atoms in total. The fourth-order valence-electron chi connectivity index (χ4n) is 5.95. The molecular formula is C23H34N4O2. The van der Waals surface area contributed by atoms with E-state index in [1.807, 2.05) is 35.9 Å². The van der Waals surface area contributed by atoms with Gasteiger partial charge in [-0.2, -0.15) is 0 Å². The molecule has 3 fully saturated rings. The van der Waals surface area contributed by atoms with Gasteiger partial charge in [-0.1, -0.05) is 13.8 Å². The van der Waals surface area contributed by atoms with E-state index in [2.05, 4.69) is 23.7 Å². The second kappa shape index (κ2) is 7.38. The highest BCUT2D eigenvalue weighted by Gasteiger charge is 2.64. The topological polar surface area (TPSA) is 56.8 Å². The molecule has 0 aliphatic carbocycles. The molecule has 0 bridgehead atoms. The van der Waals surface area contributed by atoms with Gasteiger partial charge in [-0.05, 0) is 44.2 Å². The largest absolute Gasteiger partial charge is 0.345 e. The first-order valence-electron chi connectivity index (χ1n) is 11.0. The quantitative estimate of drug-likeness (QED) is 0.785. The average Bonchev–Trinajstić information content (AvgIpc) is 3.14. The van der Waals surface area contributed by atoms with Crippen LogP contribution in [-0.4, -0.2) is 77.8 Å². The van der Waals surface area contributed by atoms with Crippen LogP contribution in [0, 0.1) is 23.7 Å². The molecule has 6 heteroatoms. The van der Waals surface area contributed by atoms with Crippen LogP contribution in [0.25, 0.3) is 0 Å². The zero-order valence-electron chi connectivity index (χ0n) is 18.3. The highest BCUT2D eigenvalue weighted by molar-refractivity contribution is 5.94. The lowest BCUT2D eigenvalue weighted by atomic mass is 9.60. The molecule has 3 aliphatic rings. The van der Waals surface area contributed by atoms with E-state index in [4.69, 9.17) is 0 Å². The summed E-state index contributed by atoms with van der Waals surface area (Å²) in [5.74, 6) is 0.978. The van der Waals surface area contributed by atoms with Crippen LogP contribution in [0.3, 0.4) is 0 Å². The van der Waals surface area contributed by atoms with Crippen LogP contribution in [0.5, 0.6) is 0 Å². The third-order valence-corrected chi connectivity index (χ3v) is 7.45. The van der Waals surface area contributed by atoms with Crippen LogP contribution < -0.4 is 0 Å². The number of fused-ring (bicyclic) bond motifs is 1. The van der Waals surface area contributed by atoms with E-state index in [-0.39, 0.29) is 16.7 Å². The van der Waals surface area contributed by atoms with Gasteiger partial charge in [0.05, 0.1) is 11.0 Å². The number of rotatable bonds is 3. The maximum absolute atomic E-state index is 13.3. The summed E-state index contributed by atoms with van der Waals surface area (Å²) in [5, 5.41) is 0. The minimum atomic E-state index is -0.267. The van der Waals surface area contributed by atoms with Gasteiger partial charge in [0.2, 0.25) is 5.91 Å². The second-order valence-electron chi connectivity index (χ2n) is 9.88. The molecule has 1 atom stereocenters. The molecule has 4 rings (SSSR count). The minimum Gasteiger partial charge on any atom is -0.345 e. The molecule has 3 aliphatic heterocycles. The van der Waals surface area contributed by atoms with E-state index in [1.165, 1.54) is 0 Å². The lowest BCUT2D eigenvalue weighted by Crippen LogP contribution is -2.53. The van der Waals surface area contributed by atoms with Gasteiger partial charge < -0.3 is 14.7 Å². The van der Waals surface area contributed by atoms with Crippen molar-refractivity contribution in [1.82, 2.24) is 19.7 Å². The summed E-state index contributed by atoms with van der Waals surface area (Å²) >= 11 is 0. The molecule has 1 aromatic rings. The summed E-state index contributed by atoms with van der Waals surface area (Å²) in [7, 11) is 1.94. The molecule has 1 aromatic heterocycles. The highest BCUT2D eigenvalue weighted by Crippen LogP contribution is 2.57.